The molecule has 0 bridgehead atoms. The van der Waals surface area contributed by atoms with Crippen LogP contribution in [0.3, 0.4) is 0 Å². The summed E-state index contributed by atoms with van der Waals surface area (Å²) in [5.41, 5.74) is 8.87. The highest BCUT2D eigenvalue weighted by atomic mass is 16.5. The maximum absolute atomic E-state index is 12.4. The summed E-state index contributed by atoms with van der Waals surface area (Å²) < 4.78 is 5.48. The number of carbonyl (C=O) groups is 1. The zero-order valence-corrected chi connectivity index (χ0v) is 14.9. The average Bonchev–Trinajstić information content (AvgIpc) is 2.64. The van der Waals surface area contributed by atoms with Gasteiger partial charge >= 0.3 is 0 Å². The topological polar surface area (TPSA) is 72.6 Å². The van der Waals surface area contributed by atoms with Crippen molar-refractivity contribution in [1.29, 1.82) is 0 Å². The number of aromatic hydroxyl groups is 1. The molecular weight excluding hydrogens is 326 g/mol. The van der Waals surface area contributed by atoms with Crippen molar-refractivity contribution in [3.05, 3.63) is 84.0 Å². The van der Waals surface area contributed by atoms with Crippen molar-refractivity contribution >= 4 is 17.5 Å². The fraction of sp³-hybridized carbons (Fsp3) is 0.136. The molecule has 0 aliphatic carbocycles. The van der Waals surface area contributed by atoms with E-state index in [2.05, 4.69) is 13.2 Å². The molecule has 134 valence electrons. The largest absolute Gasteiger partial charge is 0.507 e. The molecule has 0 spiro atoms. The average molecular weight is 349 g/mol. The molecule has 0 saturated heterocycles. The first-order chi connectivity index (χ1) is 12.5. The molecule has 0 atom stereocenters. The molecule has 2 aromatic rings. The third-order valence-electron chi connectivity index (χ3n) is 3.98. The number of allylic oxidation sites excluding steroid dienone is 3. The first-order valence-corrected chi connectivity index (χ1v) is 8.23. The zero-order chi connectivity index (χ0) is 19.1. The Morgan fingerprint density at radius 3 is 2.42 bits per heavy atom. The number of hydrogen-bond donors (Lipinski definition) is 2. The van der Waals surface area contributed by atoms with E-state index >= 15 is 0 Å². The van der Waals surface area contributed by atoms with Crippen molar-refractivity contribution in [3.63, 3.8) is 0 Å². The van der Waals surface area contributed by atoms with Crippen LogP contribution in [0.4, 0.5) is 5.69 Å². The molecule has 0 unspecified atom stereocenters. The van der Waals surface area contributed by atoms with Crippen molar-refractivity contribution in [3.8, 4) is 11.5 Å². The van der Waals surface area contributed by atoms with E-state index in [-0.39, 0.29) is 11.5 Å². The summed E-state index contributed by atoms with van der Waals surface area (Å²) in [6.07, 6.45) is 7.54. The SMILES string of the molecule is C=CCc1cc(/C=C/C(=O)c2ccc(N)cc2)c(OC)c(CC=C)c1O. The third-order valence-corrected chi connectivity index (χ3v) is 3.98. The predicted octanol–water partition coefficient (Wildman–Crippen LogP) is 4.34. The van der Waals surface area contributed by atoms with Gasteiger partial charge in [0.15, 0.2) is 5.78 Å². The van der Waals surface area contributed by atoms with Crippen LogP contribution in [0.25, 0.3) is 6.08 Å². The minimum Gasteiger partial charge on any atom is -0.507 e. The molecule has 0 fully saturated rings. The molecule has 0 saturated carbocycles. The van der Waals surface area contributed by atoms with Gasteiger partial charge in [0.1, 0.15) is 11.5 Å². The van der Waals surface area contributed by atoms with Crippen LogP contribution < -0.4 is 10.5 Å². The lowest BCUT2D eigenvalue weighted by atomic mass is 9.97. The van der Waals surface area contributed by atoms with Crippen LogP contribution in [-0.2, 0) is 12.8 Å². The summed E-state index contributed by atoms with van der Waals surface area (Å²) in [6, 6.07) is 8.54. The van der Waals surface area contributed by atoms with Gasteiger partial charge in [-0.25, -0.2) is 0 Å². The van der Waals surface area contributed by atoms with E-state index in [1.54, 1.807) is 48.6 Å². The number of phenolic OH excluding ortho intramolecular Hbond substituents is 1. The summed E-state index contributed by atoms with van der Waals surface area (Å²) in [7, 11) is 1.54. The monoisotopic (exact) mass is 349 g/mol. The highest BCUT2D eigenvalue weighted by molar-refractivity contribution is 6.07. The Kier molecular flexibility index (Phi) is 6.39. The lowest BCUT2D eigenvalue weighted by Gasteiger charge is -2.15. The Bertz CT molecular complexity index is 849. The fourth-order valence-electron chi connectivity index (χ4n) is 2.72. The zero-order valence-electron chi connectivity index (χ0n) is 14.9. The van der Waals surface area contributed by atoms with E-state index in [9.17, 15) is 9.90 Å². The lowest BCUT2D eigenvalue weighted by molar-refractivity contribution is 0.104. The van der Waals surface area contributed by atoms with E-state index in [4.69, 9.17) is 10.5 Å². The molecule has 3 N–H and O–H groups in total. The molecule has 0 aliphatic rings. The summed E-state index contributed by atoms with van der Waals surface area (Å²) >= 11 is 0. The second-order valence-corrected chi connectivity index (χ2v) is 5.79. The molecule has 2 aromatic carbocycles. The second kappa shape index (κ2) is 8.72. The normalized spacial score (nSPS) is 10.7. The summed E-state index contributed by atoms with van der Waals surface area (Å²) in [4.78, 5) is 12.4. The summed E-state index contributed by atoms with van der Waals surface area (Å²) in [5, 5.41) is 10.5. The van der Waals surface area contributed by atoms with Gasteiger partial charge in [0, 0.05) is 22.4 Å². The molecule has 4 nitrogen and oxygen atoms in total. The van der Waals surface area contributed by atoms with Crippen LogP contribution in [0, 0.1) is 0 Å². The van der Waals surface area contributed by atoms with Crippen molar-refractivity contribution < 1.29 is 14.6 Å². The molecule has 0 aliphatic heterocycles. The minimum atomic E-state index is -0.143. The van der Waals surface area contributed by atoms with Crippen molar-refractivity contribution in [2.75, 3.05) is 12.8 Å². The molecule has 0 heterocycles. The van der Waals surface area contributed by atoms with Gasteiger partial charge in [-0.1, -0.05) is 12.2 Å². The number of phenols is 1. The number of hydrogen-bond acceptors (Lipinski definition) is 4. The first-order valence-electron chi connectivity index (χ1n) is 8.23. The number of benzene rings is 2. The number of ketones is 1. The van der Waals surface area contributed by atoms with E-state index in [1.807, 2.05) is 0 Å². The van der Waals surface area contributed by atoms with Crippen LogP contribution in [0.2, 0.25) is 0 Å². The van der Waals surface area contributed by atoms with Gasteiger partial charge in [0.2, 0.25) is 0 Å². The number of rotatable bonds is 8. The van der Waals surface area contributed by atoms with Gasteiger partial charge in [0.05, 0.1) is 7.11 Å². The maximum Gasteiger partial charge on any atom is 0.185 e. The smallest absolute Gasteiger partial charge is 0.185 e. The van der Waals surface area contributed by atoms with E-state index in [0.29, 0.717) is 41.0 Å². The van der Waals surface area contributed by atoms with Crippen LogP contribution in [0.1, 0.15) is 27.0 Å². The Balaban J connectivity index is 2.46. The molecule has 2 rings (SSSR count). The molecule has 26 heavy (non-hydrogen) atoms. The molecule has 0 amide bonds. The van der Waals surface area contributed by atoms with Crippen LogP contribution >= 0.6 is 0 Å². The molecule has 4 heteroatoms. The number of nitrogens with two attached hydrogens (primary N) is 1. The number of nitrogen functional groups attached to an aromatic ring is 1. The summed E-state index contributed by atoms with van der Waals surface area (Å²) in [5.74, 6) is 0.552. The minimum absolute atomic E-state index is 0.143. The standard InChI is InChI=1S/C22H23NO3/c1-4-6-16-14-17(22(26-3)19(7-5-2)21(16)25)10-13-20(24)15-8-11-18(23)12-9-15/h4-5,8-14,25H,1-2,6-7,23H2,3H3/b13-10+. The van der Waals surface area contributed by atoms with Crippen LogP contribution in [0.15, 0.2) is 61.7 Å². The van der Waals surface area contributed by atoms with Crippen LogP contribution in [0.5, 0.6) is 11.5 Å². The van der Waals surface area contributed by atoms with Gasteiger partial charge in [-0.3, -0.25) is 4.79 Å². The number of anilines is 1. The van der Waals surface area contributed by atoms with E-state index in [0.717, 1.165) is 5.56 Å². The van der Waals surface area contributed by atoms with Gasteiger partial charge in [0.25, 0.3) is 0 Å². The number of methoxy groups -OCH3 is 1. The molecule has 0 radical (unpaired) electrons. The highest BCUT2D eigenvalue weighted by Gasteiger charge is 2.16. The third kappa shape index (κ3) is 4.22. The van der Waals surface area contributed by atoms with Crippen molar-refractivity contribution in [2.24, 2.45) is 0 Å². The number of ether oxygens (including phenoxy) is 1. The predicted molar refractivity (Wildman–Crippen MR) is 107 cm³/mol. The maximum atomic E-state index is 12.4. The van der Waals surface area contributed by atoms with Crippen molar-refractivity contribution in [1.82, 2.24) is 0 Å². The van der Waals surface area contributed by atoms with Gasteiger partial charge in [-0.15, -0.1) is 13.2 Å². The molecular formula is C22H23NO3. The fourth-order valence-corrected chi connectivity index (χ4v) is 2.72. The highest BCUT2D eigenvalue weighted by Crippen LogP contribution is 2.37. The quantitative estimate of drug-likeness (QED) is 0.322. The summed E-state index contributed by atoms with van der Waals surface area (Å²) in [6.45, 7) is 7.45. The Hall–Kier alpha value is -3.27. The van der Waals surface area contributed by atoms with Gasteiger partial charge < -0.3 is 15.6 Å². The molecule has 0 aromatic heterocycles. The van der Waals surface area contributed by atoms with Gasteiger partial charge in [-0.05, 0) is 60.9 Å². The first kappa shape index (κ1) is 19.1. The second-order valence-electron chi connectivity index (χ2n) is 5.79. The van der Waals surface area contributed by atoms with Crippen molar-refractivity contribution in [2.45, 2.75) is 12.8 Å². The Labute approximate surface area is 153 Å². The lowest BCUT2D eigenvalue weighted by Crippen LogP contribution is -1.99. The number of carbonyl (C=O) groups excluding carboxylic acids is 1. The Morgan fingerprint density at radius 2 is 1.85 bits per heavy atom. The van der Waals surface area contributed by atoms with E-state index < -0.39 is 0 Å². The van der Waals surface area contributed by atoms with E-state index in [1.165, 1.54) is 13.2 Å². The Morgan fingerprint density at radius 1 is 1.19 bits per heavy atom. The van der Waals surface area contributed by atoms with Crippen LogP contribution in [-0.4, -0.2) is 18.0 Å². The van der Waals surface area contributed by atoms with Gasteiger partial charge in [-0.2, -0.15) is 0 Å².